The van der Waals surface area contributed by atoms with Gasteiger partial charge in [-0.25, -0.2) is 0 Å². The van der Waals surface area contributed by atoms with Crippen LogP contribution in [0.4, 0.5) is 0 Å². The minimum atomic E-state index is -4.67. The minimum absolute atomic E-state index is 0.500. The van der Waals surface area contributed by atoms with E-state index in [0.29, 0.717) is 0 Å². The predicted molar refractivity (Wildman–Crippen MR) is 27.1 cm³/mol. The molecule has 0 spiro atoms. The molecule has 0 saturated heterocycles. The number of hydrogen-bond acceptors (Lipinski definition) is 4. The maximum atomic E-state index is 8.81. The monoisotopic (exact) mass is 159 g/mol. The summed E-state index contributed by atoms with van der Waals surface area (Å²) in [6.07, 6.45) is 0. The Bertz CT molecular complexity index is 155. The Balaban J connectivity index is 0. The van der Waals surface area contributed by atoms with Gasteiger partial charge >= 0.3 is 10.4 Å². The minimum Gasteiger partial charge on any atom is -0.265 e. The topological polar surface area (TPSA) is 118 Å². The van der Waals surface area contributed by atoms with E-state index in [1.165, 1.54) is 0 Å². The van der Waals surface area contributed by atoms with Gasteiger partial charge in [0.25, 0.3) is 0 Å². The van der Waals surface area contributed by atoms with Crippen molar-refractivity contribution in [3.8, 4) is 0 Å². The van der Waals surface area contributed by atoms with Crippen molar-refractivity contribution in [2.45, 2.75) is 0 Å². The lowest BCUT2D eigenvalue weighted by Crippen LogP contribution is -1.89. The largest absolute Gasteiger partial charge is 0.394 e. The van der Waals surface area contributed by atoms with E-state index in [2.05, 4.69) is 0 Å². The Morgan fingerprint density at radius 2 is 1.44 bits per heavy atom. The summed E-state index contributed by atoms with van der Waals surface area (Å²) < 4.78 is 31.6. The van der Waals surface area contributed by atoms with Crippen LogP contribution >= 0.6 is 0 Å². The zero-order chi connectivity index (χ0) is 8.08. The van der Waals surface area contributed by atoms with E-state index in [4.69, 9.17) is 27.6 Å². The molecule has 0 saturated carbocycles. The average Bonchev–Trinajstić information content (AvgIpc) is 1.19. The summed E-state index contributed by atoms with van der Waals surface area (Å²) >= 11 is 0. The van der Waals surface area contributed by atoms with Gasteiger partial charge in [0.2, 0.25) is 0 Å². The summed E-state index contributed by atoms with van der Waals surface area (Å²) in [5, 5.41) is 8.81. The molecular formula is CH5NO6S. The summed E-state index contributed by atoms with van der Waals surface area (Å²) in [4.78, 5) is 8.31. The van der Waals surface area contributed by atoms with Gasteiger partial charge in [0, 0.05) is 4.92 Å². The fraction of sp³-hybridized carbons (Fsp3) is 1.00. The Labute approximate surface area is 51.0 Å². The molecule has 0 atom stereocenters. The third-order valence-electron chi connectivity index (χ3n) is 0. The maximum absolute atomic E-state index is 8.81. The van der Waals surface area contributed by atoms with Crippen molar-refractivity contribution >= 4 is 10.4 Å². The van der Waals surface area contributed by atoms with Crippen molar-refractivity contribution in [3.05, 3.63) is 10.1 Å². The Morgan fingerprint density at radius 3 is 1.44 bits per heavy atom. The molecule has 0 aliphatic heterocycles. The predicted octanol–water partition coefficient (Wildman–Crippen LogP) is -0.760. The van der Waals surface area contributed by atoms with Crippen molar-refractivity contribution < 1.29 is 22.4 Å². The molecule has 2 N–H and O–H groups in total. The van der Waals surface area contributed by atoms with Gasteiger partial charge in [-0.1, -0.05) is 0 Å². The zero-order valence-corrected chi connectivity index (χ0v) is 5.20. The van der Waals surface area contributed by atoms with Crippen molar-refractivity contribution in [1.29, 1.82) is 0 Å². The van der Waals surface area contributed by atoms with E-state index < -0.39 is 15.3 Å². The number of rotatable bonds is 0. The van der Waals surface area contributed by atoms with Crippen LogP contribution in [-0.2, 0) is 10.4 Å². The van der Waals surface area contributed by atoms with Gasteiger partial charge in [-0.15, -0.1) is 0 Å². The second-order valence-corrected chi connectivity index (χ2v) is 1.78. The van der Waals surface area contributed by atoms with E-state index in [9.17, 15) is 0 Å². The second kappa shape index (κ2) is 4.18. The van der Waals surface area contributed by atoms with Crippen molar-refractivity contribution in [3.63, 3.8) is 0 Å². The van der Waals surface area contributed by atoms with Crippen molar-refractivity contribution in [2.75, 3.05) is 7.05 Å². The number of hydrogen-bond donors (Lipinski definition) is 2. The van der Waals surface area contributed by atoms with E-state index >= 15 is 0 Å². The van der Waals surface area contributed by atoms with Gasteiger partial charge in [-0.05, 0) is 0 Å². The van der Waals surface area contributed by atoms with Crippen LogP contribution in [0.1, 0.15) is 0 Å². The molecule has 0 unspecified atom stereocenters. The van der Waals surface area contributed by atoms with Gasteiger partial charge in [0.05, 0.1) is 0 Å². The standard InChI is InChI=1S/CH3NO2.H2O4S/c1-2(3)4;1-5(2,3)4/h1H3;(H2,1,2,3,4). The molecule has 0 fully saturated rings. The highest BCUT2D eigenvalue weighted by Crippen LogP contribution is 1.59. The molecule has 56 valence electrons. The zero-order valence-electron chi connectivity index (χ0n) is 4.38. The lowest BCUT2D eigenvalue weighted by Gasteiger charge is -1.68. The molecule has 9 heavy (non-hydrogen) atoms. The van der Waals surface area contributed by atoms with Gasteiger partial charge in [-0.3, -0.25) is 19.2 Å². The van der Waals surface area contributed by atoms with E-state index in [0.717, 1.165) is 7.05 Å². The molecule has 0 heterocycles. The first-order chi connectivity index (χ1) is 3.73. The molecular weight excluding hydrogens is 154 g/mol. The molecule has 0 rings (SSSR count). The van der Waals surface area contributed by atoms with Crippen LogP contribution in [0.3, 0.4) is 0 Å². The molecule has 0 aromatic carbocycles. The highest BCUT2D eigenvalue weighted by atomic mass is 32.3. The third kappa shape index (κ3) is 379. The number of nitro groups is 1. The summed E-state index contributed by atoms with van der Waals surface area (Å²) in [6.45, 7) is 0. The molecule has 0 radical (unpaired) electrons. The smallest absolute Gasteiger partial charge is 0.265 e. The van der Waals surface area contributed by atoms with Crippen LogP contribution in [0.2, 0.25) is 0 Å². The van der Waals surface area contributed by atoms with E-state index in [1.807, 2.05) is 0 Å². The summed E-state index contributed by atoms with van der Waals surface area (Å²) in [5.41, 5.74) is 0. The number of nitrogens with zero attached hydrogens (tertiary/aromatic N) is 1. The van der Waals surface area contributed by atoms with Crippen molar-refractivity contribution in [1.82, 2.24) is 0 Å². The molecule has 0 aliphatic carbocycles. The van der Waals surface area contributed by atoms with Gasteiger partial charge in [0.15, 0.2) is 7.05 Å². The first-order valence-electron chi connectivity index (χ1n) is 1.51. The quantitative estimate of drug-likeness (QED) is 0.272. The van der Waals surface area contributed by atoms with Crippen LogP contribution in [-0.4, -0.2) is 29.5 Å². The molecule has 0 bridgehead atoms. The SMILES string of the molecule is C[N+](=O)[O-].O=S(=O)(O)O. The van der Waals surface area contributed by atoms with E-state index in [-0.39, 0.29) is 0 Å². The highest BCUT2D eigenvalue weighted by Gasteiger charge is 1.84. The van der Waals surface area contributed by atoms with Crippen LogP contribution in [0.25, 0.3) is 0 Å². The normalized spacial score (nSPS) is 9.22. The molecule has 0 aromatic rings. The first kappa shape index (κ1) is 11.1. The lowest BCUT2D eigenvalue weighted by atomic mass is 11.5. The second-order valence-electron chi connectivity index (χ2n) is 0.888. The van der Waals surface area contributed by atoms with Gasteiger partial charge < -0.3 is 0 Å². The summed E-state index contributed by atoms with van der Waals surface area (Å²) in [5.74, 6) is 0. The Morgan fingerprint density at radius 1 is 1.44 bits per heavy atom. The average molecular weight is 159 g/mol. The molecule has 0 aliphatic rings. The van der Waals surface area contributed by atoms with Crippen LogP contribution < -0.4 is 0 Å². The summed E-state index contributed by atoms with van der Waals surface area (Å²) in [6, 6.07) is 0. The Kier molecular flexibility index (Phi) is 5.16. The highest BCUT2D eigenvalue weighted by molar-refractivity contribution is 7.79. The van der Waals surface area contributed by atoms with Crippen LogP contribution in [0, 0.1) is 10.1 Å². The van der Waals surface area contributed by atoms with Gasteiger partial charge in [-0.2, -0.15) is 8.42 Å². The van der Waals surface area contributed by atoms with Crippen LogP contribution in [0.5, 0.6) is 0 Å². The fourth-order valence-corrected chi connectivity index (χ4v) is 0. The molecule has 7 nitrogen and oxygen atoms in total. The van der Waals surface area contributed by atoms with Crippen LogP contribution in [0.15, 0.2) is 0 Å². The first-order valence-corrected chi connectivity index (χ1v) is 2.91. The van der Waals surface area contributed by atoms with E-state index in [1.54, 1.807) is 0 Å². The maximum Gasteiger partial charge on any atom is 0.394 e. The van der Waals surface area contributed by atoms with Gasteiger partial charge in [0.1, 0.15) is 0 Å². The molecule has 8 heteroatoms. The molecule has 0 aromatic heterocycles. The van der Waals surface area contributed by atoms with Crippen molar-refractivity contribution in [2.24, 2.45) is 0 Å². The summed E-state index contributed by atoms with van der Waals surface area (Å²) in [7, 11) is -3.78. The fourth-order valence-electron chi connectivity index (χ4n) is 0. The Hall–Kier alpha value is -0.730. The lowest BCUT2D eigenvalue weighted by molar-refractivity contribution is -0.445. The molecule has 0 amide bonds. The third-order valence-corrected chi connectivity index (χ3v) is 0.